The second-order valence-electron chi connectivity index (χ2n) is 9.50. The van der Waals surface area contributed by atoms with E-state index in [4.69, 9.17) is 14.5 Å². The van der Waals surface area contributed by atoms with Crippen LogP contribution in [0.2, 0.25) is 0 Å². The molecule has 1 N–H and O–H groups in total. The number of nitrogens with zero attached hydrogens (tertiary/aromatic N) is 3. The number of halogens is 1. The van der Waals surface area contributed by atoms with Gasteiger partial charge in [0.2, 0.25) is 0 Å². The Bertz CT molecular complexity index is 1610. The van der Waals surface area contributed by atoms with E-state index in [0.717, 1.165) is 30.2 Å². The van der Waals surface area contributed by atoms with Crippen molar-refractivity contribution in [2.45, 2.75) is 44.6 Å². The maximum atomic E-state index is 13.6. The minimum atomic E-state index is -1.01. The molecular weight excluding hydrogens is 562 g/mol. The fourth-order valence-corrected chi connectivity index (χ4v) is 5.39. The lowest BCUT2D eigenvalue weighted by Gasteiger charge is -2.22. The van der Waals surface area contributed by atoms with Gasteiger partial charge in [-0.1, -0.05) is 59.5 Å². The van der Waals surface area contributed by atoms with E-state index in [1.54, 1.807) is 43.7 Å². The molecule has 5 rings (SSSR count). The van der Waals surface area contributed by atoms with Crippen molar-refractivity contribution in [1.29, 1.82) is 0 Å². The number of ether oxygens (including phenoxy) is 2. The van der Waals surface area contributed by atoms with Crippen molar-refractivity contribution in [2.24, 2.45) is 5.10 Å². The van der Waals surface area contributed by atoms with Gasteiger partial charge in [-0.2, -0.15) is 9.78 Å². The number of hydrogen-bond acceptors (Lipinski definition) is 6. The number of para-hydroxylation sites is 1. The van der Waals surface area contributed by atoms with Crippen molar-refractivity contribution in [3.05, 3.63) is 98.0 Å². The lowest BCUT2D eigenvalue weighted by molar-refractivity contribution is 0.0696. The average Bonchev–Trinajstić information content (AvgIpc) is 2.96. The van der Waals surface area contributed by atoms with Gasteiger partial charge in [0.25, 0.3) is 5.56 Å². The van der Waals surface area contributed by atoms with Gasteiger partial charge in [0.05, 0.1) is 29.8 Å². The largest absolute Gasteiger partial charge is 0.493 e. The van der Waals surface area contributed by atoms with Gasteiger partial charge in [-0.25, -0.2) is 9.78 Å². The van der Waals surface area contributed by atoms with Crippen molar-refractivity contribution >= 4 is 39.0 Å². The molecule has 1 saturated carbocycles. The first-order valence-electron chi connectivity index (χ1n) is 12.8. The summed E-state index contributed by atoms with van der Waals surface area (Å²) in [6.07, 6.45) is 6.90. The first-order chi connectivity index (χ1) is 18.9. The summed E-state index contributed by atoms with van der Waals surface area (Å²) in [6.45, 7) is 0.116. The molecule has 0 bridgehead atoms. The van der Waals surface area contributed by atoms with Crippen LogP contribution in [-0.2, 0) is 6.61 Å². The lowest BCUT2D eigenvalue weighted by atomic mass is 9.88. The second kappa shape index (κ2) is 11.8. The molecule has 4 aromatic rings. The molecule has 0 radical (unpaired) electrons. The molecule has 0 spiro atoms. The molecule has 39 heavy (non-hydrogen) atoms. The van der Waals surface area contributed by atoms with Crippen molar-refractivity contribution in [1.82, 2.24) is 9.66 Å². The van der Waals surface area contributed by atoms with Gasteiger partial charge in [-0.3, -0.25) is 4.79 Å². The van der Waals surface area contributed by atoms with E-state index in [9.17, 15) is 14.7 Å². The topological polar surface area (TPSA) is 103 Å². The Balaban J connectivity index is 1.55. The zero-order valence-electron chi connectivity index (χ0n) is 21.5. The van der Waals surface area contributed by atoms with Crippen LogP contribution in [0.1, 0.15) is 65.3 Å². The first-order valence-corrected chi connectivity index (χ1v) is 13.6. The number of aromatic carboxylic acids is 1. The standard InChI is InChI=1S/C30H28BrN3O5/c1-38-26-16-23(31)15-22(27(26)39-18-19-8-7-11-21(14-19)30(36)37)17-32-34-28(20-9-3-2-4-10-20)33-25-13-6-5-12-24(25)29(34)35/h5-8,11-17,20H,2-4,9-10,18H2,1H3,(H,36,37). The van der Waals surface area contributed by atoms with Gasteiger partial charge >= 0.3 is 5.97 Å². The number of rotatable bonds is 8. The van der Waals surface area contributed by atoms with E-state index < -0.39 is 5.97 Å². The molecule has 0 amide bonds. The fourth-order valence-electron chi connectivity index (χ4n) is 4.94. The van der Waals surface area contributed by atoms with E-state index >= 15 is 0 Å². The number of carbonyl (C=O) groups is 1. The number of methoxy groups -OCH3 is 1. The summed E-state index contributed by atoms with van der Waals surface area (Å²) in [6, 6.07) is 17.5. The highest BCUT2D eigenvalue weighted by atomic mass is 79.9. The van der Waals surface area contributed by atoms with Crippen molar-refractivity contribution in [3.63, 3.8) is 0 Å². The van der Waals surface area contributed by atoms with Crippen molar-refractivity contribution in [3.8, 4) is 11.5 Å². The summed E-state index contributed by atoms with van der Waals surface area (Å²) in [5, 5.41) is 14.5. The minimum absolute atomic E-state index is 0.116. The Morgan fingerprint density at radius 1 is 1.13 bits per heavy atom. The minimum Gasteiger partial charge on any atom is -0.493 e. The Morgan fingerprint density at radius 2 is 1.92 bits per heavy atom. The molecule has 3 aromatic carbocycles. The summed E-state index contributed by atoms with van der Waals surface area (Å²) in [7, 11) is 1.54. The molecule has 0 atom stereocenters. The zero-order chi connectivity index (χ0) is 27.4. The maximum absolute atomic E-state index is 13.6. The van der Waals surface area contributed by atoms with Gasteiger partial charge < -0.3 is 14.6 Å². The molecule has 9 heteroatoms. The van der Waals surface area contributed by atoms with Gasteiger partial charge in [0.1, 0.15) is 12.4 Å². The fraction of sp³-hybridized carbons (Fsp3) is 0.267. The zero-order valence-corrected chi connectivity index (χ0v) is 23.1. The van der Waals surface area contributed by atoms with Crippen LogP contribution in [-0.4, -0.2) is 34.1 Å². The number of hydrogen-bond donors (Lipinski definition) is 1. The summed E-state index contributed by atoms with van der Waals surface area (Å²) >= 11 is 3.52. The predicted molar refractivity (Wildman–Crippen MR) is 153 cm³/mol. The van der Waals surface area contributed by atoms with Crippen LogP contribution < -0.4 is 15.0 Å². The second-order valence-corrected chi connectivity index (χ2v) is 10.4. The van der Waals surface area contributed by atoms with Gasteiger partial charge in [0.15, 0.2) is 11.5 Å². The Hall–Kier alpha value is -3.98. The molecule has 1 aromatic heterocycles. The predicted octanol–water partition coefficient (Wildman–Crippen LogP) is 6.37. The smallest absolute Gasteiger partial charge is 0.335 e. The number of carboxylic acids is 1. The molecule has 1 fully saturated rings. The molecule has 8 nitrogen and oxygen atoms in total. The molecule has 200 valence electrons. The number of carboxylic acid groups (broad SMARTS) is 1. The Labute approximate surface area is 234 Å². The Morgan fingerprint density at radius 3 is 2.69 bits per heavy atom. The molecule has 1 aliphatic rings. The molecule has 1 heterocycles. The first kappa shape index (κ1) is 26.6. The molecule has 0 unspecified atom stereocenters. The molecular formula is C30H28BrN3O5. The van der Waals surface area contributed by atoms with Gasteiger partial charge in [0, 0.05) is 16.0 Å². The summed E-state index contributed by atoms with van der Waals surface area (Å²) in [5.74, 6) is 0.712. The average molecular weight is 590 g/mol. The third-order valence-electron chi connectivity index (χ3n) is 6.89. The highest BCUT2D eigenvalue weighted by molar-refractivity contribution is 9.10. The van der Waals surface area contributed by atoms with Crippen LogP contribution in [0.5, 0.6) is 11.5 Å². The van der Waals surface area contributed by atoms with E-state index in [1.165, 1.54) is 17.2 Å². The summed E-state index contributed by atoms with van der Waals surface area (Å²) in [5.41, 5.74) is 1.92. The number of fused-ring (bicyclic) bond motifs is 1. The monoisotopic (exact) mass is 589 g/mol. The third kappa shape index (κ3) is 5.88. The Kier molecular flexibility index (Phi) is 8.07. The highest BCUT2D eigenvalue weighted by Gasteiger charge is 2.22. The molecule has 1 aliphatic carbocycles. The van der Waals surface area contributed by atoms with E-state index in [1.807, 2.05) is 24.3 Å². The van der Waals surface area contributed by atoms with Gasteiger partial charge in [-0.15, -0.1) is 0 Å². The van der Waals surface area contributed by atoms with E-state index in [2.05, 4.69) is 21.0 Å². The van der Waals surface area contributed by atoms with Crippen LogP contribution in [0, 0.1) is 0 Å². The molecule has 0 aliphatic heterocycles. The SMILES string of the molecule is COc1cc(Br)cc(C=Nn2c(C3CCCCC3)nc3ccccc3c2=O)c1OCc1cccc(C(=O)O)c1. The quantitative estimate of drug-likeness (QED) is 0.239. The highest BCUT2D eigenvalue weighted by Crippen LogP contribution is 2.35. The van der Waals surface area contributed by atoms with Crippen molar-refractivity contribution in [2.75, 3.05) is 7.11 Å². The van der Waals surface area contributed by atoms with Gasteiger partial charge in [-0.05, 0) is 54.8 Å². The lowest BCUT2D eigenvalue weighted by Crippen LogP contribution is -2.25. The summed E-state index contributed by atoms with van der Waals surface area (Å²) < 4.78 is 13.9. The van der Waals surface area contributed by atoms with Crippen molar-refractivity contribution < 1.29 is 19.4 Å². The summed E-state index contributed by atoms with van der Waals surface area (Å²) in [4.78, 5) is 29.8. The van der Waals surface area contributed by atoms with Crippen LogP contribution in [0.25, 0.3) is 10.9 Å². The van der Waals surface area contributed by atoms with E-state index in [0.29, 0.717) is 39.4 Å². The number of aromatic nitrogens is 2. The normalized spacial score (nSPS) is 14.1. The number of benzene rings is 3. The molecule has 0 saturated heterocycles. The van der Waals surface area contributed by atoms with Crippen LogP contribution in [0.4, 0.5) is 0 Å². The van der Waals surface area contributed by atoms with E-state index in [-0.39, 0.29) is 23.6 Å². The van der Waals surface area contributed by atoms with Crippen LogP contribution in [0.3, 0.4) is 0 Å². The van der Waals surface area contributed by atoms with Crippen LogP contribution >= 0.6 is 15.9 Å². The third-order valence-corrected chi connectivity index (χ3v) is 7.34. The van der Waals surface area contributed by atoms with Crippen LogP contribution in [0.15, 0.2) is 75.0 Å². The maximum Gasteiger partial charge on any atom is 0.335 e.